The summed E-state index contributed by atoms with van der Waals surface area (Å²) in [4.78, 5) is 22.1. The van der Waals surface area contributed by atoms with Crippen LogP contribution in [0.5, 0.6) is 0 Å². The minimum atomic E-state index is -0.438. The third kappa shape index (κ3) is 4.94. The van der Waals surface area contributed by atoms with Crippen molar-refractivity contribution < 1.29 is 14.5 Å². The van der Waals surface area contributed by atoms with Gasteiger partial charge in [0.1, 0.15) is 0 Å². The zero-order valence-electron chi connectivity index (χ0n) is 11.6. The van der Waals surface area contributed by atoms with Crippen LogP contribution in [0.15, 0.2) is 24.3 Å². The summed E-state index contributed by atoms with van der Waals surface area (Å²) in [6.07, 6.45) is 0. The molecule has 20 heavy (non-hydrogen) atoms. The summed E-state index contributed by atoms with van der Waals surface area (Å²) in [6.45, 7) is 2.85. The monoisotopic (exact) mass is 281 g/mol. The average molecular weight is 281 g/mol. The number of methoxy groups -OCH3 is 1. The fraction of sp³-hybridized carbons (Fsp3) is 0.462. The molecule has 0 saturated heterocycles. The summed E-state index contributed by atoms with van der Waals surface area (Å²) in [7, 11) is 1.56. The maximum Gasteiger partial charge on any atom is 0.273 e. The van der Waals surface area contributed by atoms with Crippen LogP contribution >= 0.6 is 0 Å². The summed E-state index contributed by atoms with van der Waals surface area (Å²) in [5, 5.41) is 16.5. The van der Waals surface area contributed by atoms with Gasteiger partial charge in [-0.1, -0.05) is 18.2 Å². The molecule has 0 aliphatic rings. The Morgan fingerprint density at radius 1 is 1.45 bits per heavy atom. The summed E-state index contributed by atoms with van der Waals surface area (Å²) < 4.78 is 4.83. The molecule has 110 valence electrons. The number of hydrogen-bond donors (Lipinski definition) is 2. The molecule has 1 amide bonds. The van der Waals surface area contributed by atoms with Crippen molar-refractivity contribution in [2.75, 3.05) is 20.3 Å². The smallest absolute Gasteiger partial charge is 0.273 e. The molecule has 0 spiro atoms. The second-order valence-electron chi connectivity index (χ2n) is 4.27. The van der Waals surface area contributed by atoms with Crippen LogP contribution in [0.2, 0.25) is 0 Å². The molecule has 0 bridgehead atoms. The molecule has 0 saturated carbocycles. The van der Waals surface area contributed by atoms with Crippen LogP contribution < -0.4 is 10.6 Å². The van der Waals surface area contributed by atoms with Crippen LogP contribution in [0.4, 0.5) is 5.69 Å². The third-order valence-corrected chi connectivity index (χ3v) is 2.79. The molecule has 7 nitrogen and oxygen atoms in total. The Labute approximate surface area is 117 Å². The lowest BCUT2D eigenvalue weighted by atomic mass is 10.1. The van der Waals surface area contributed by atoms with E-state index in [9.17, 15) is 14.9 Å². The Morgan fingerprint density at radius 2 is 2.15 bits per heavy atom. The minimum absolute atomic E-state index is 0.0481. The summed E-state index contributed by atoms with van der Waals surface area (Å²) >= 11 is 0. The first-order valence-electron chi connectivity index (χ1n) is 6.28. The first kappa shape index (κ1) is 16.1. The number of rotatable bonds is 8. The molecule has 1 atom stereocenters. The molecule has 1 unspecified atom stereocenters. The topological polar surface area (TPSA) is 93.5 Å². The predicted molar refractivity (Wildman–Crippen MR) is 74.3 cm³/mol. The maximum atomic E-state index is 11.7. The van der Waals surface area contributed by atoms with Gasteiger partial charge in [0.05, 0.1) is 17.6 Å². The zero-order valence-corrected chi connectivity index (χ0v) is 11.6. The number of carbonyl (C=O) groups excluding carboxylic acids is 1. The van der Waals surface area contributed by atoms with E-state index in [0.717, 1.165) is 0 Å². The van der Waals surface area contributed by atoms with E-state index >= 15 is 0 Å². The number of ether oxygens (including phenoxy) is 1. The number of nitrogens with one attached hydrogen (secondary N) is 2. The van der Waals surface area contributed by atoms with E-state index in [2.05, 4.69) is 10.6 Å². The Kier molecular flexibility index (Phi) is 6.61. The lowest BCUT2D eigenvalue weighted by Gasteiger charge is -2.14. The van der Waals surface area contributed by atoms with Gasteiger partial charge in [-0.05, 0) is 6.92 Å². The van der Waals surface area contributed by atoms with Crippen molar-refractivity contribution in [3.05, 3.63) is 39.9 Å². The predicted octanol–water partition coefficient (Wildman–Crippen LogP) is 0.835. The van der Waals surface area contributed by atoms with E-state index < -0.39 is 11.0 Å². The van der Waals surface area contributed by atoms with Crippen molar-refractivity contribution in [1.29, 1.82) is 0 Å². The number of amides is 1. The highest BCUT2D eigenvalue weighted by molar-refractivity contribution is 5.81. The molecule has 1 aromatic carbocycles. The van der Waals surface area contributed by atoms with Crippen LogP contribution in [-0.2, 0) is 16.1 Å². The summed E-state index contributed by atoms with van der Waals surface area (Å²) in [5.74, 6) is -0.166. The minimum Gasteiger partial charge on any atom is -0.383 e. The average Bonchev–Trinajstić information content (AvgIpc) is 2.45. The maximum absolute atomic E-state index is 11.7. The molecule has 0 radical (unpaired) electrons. The van der Waals surface area contributed by atoms with Crippen molar-refractivity contribution >= 4 is 11.6 Å². The molecule has 0 aliphatic carbocycles. The van der Waals surface area contributed by atoms with Crippen LogP contribution in [0.1, 0.15) is 12.5 Å². The van der Waals surface area contributed by atoms with Gasteiger partial charge in [0.25, 0.3) is 5.69 Å². The Hall–Kier alpha value is -1.99. The Morgan fingerprint density at radius 3 is 2.80 bits per heavy atom. The van der Waals surface area contributed by atoms with Gasteiger partial charge in [-0.3, -0.25) is 14.9 Å². The molecule has 0 fully saturated rings. The highest BCUT2D eigenvalue weighted by atomic mass is 16.6. The SMILES string of the molecule is COCCNC(=O)C(C)NCc1ccccc1[N+](=O)[O-]. The number of nitrogens with zero attached hydrogens (tertiary/aromatic N) is 1. The molecular weight excluding hydrogens is 262 g/mol. The Bertz CT molecular complexity index is 465. The van der Waals surface area contributed by atoms with Gasteiger partial charge in [0, 0.05) is 31.8 Å². The van der Waals surface area contributed by atoms with E-state index in [4.69, 9.17) is 4.74 Å². The highest BCUT2D eigenvalue weighted by Gasteiger charge is 2.15. The van der Waals surface area contributed by atoms with E-state index in [0.29, 0.717) is 18.7 Å². The number of carbonyl (C=O) groups is 1. The van der Waals surface area contributed by atoms with Crippen molar-refractivity contribution in [2.45, 2.75) is 19.5 Å². The largest absolute Gasteiger partial charge is 0.383 e. The first-order chi connectivity index (χ1) is 9.56. The normalized spacial score (nSPS) is 11.9. The standard InChI is InChI=1S/C13H19N3O4/c1-10(13(17)14-7-8-20-2)15-9-11-5-3-4-6-12(11)16(18)19/h3-6,10,15H,7-9H2,1-2H3,(H,14,17). The fourth-order valence-corrected chi connectivity index (χ4v) is 1.62. The second-order valence-corrected chi connectivity index (χ2v) is 4.27. The fourth-order valence-electron chi connectivity index (χ4n) is 1.62. The van der Waals surface area contributed by atoms with Gasteiger partial charge in [-0.2, -0.15) is 0 Å². The van der Waals surface area contributed by atoms with E-state index in [-0.39, 0.29) is 18.1 Å². The zero-order chi connectivity index (χ0) is 15.0. The molecular formula is C13H19N3O4. The van der Waals surface area contributed by atoms with Gasteiger partial charge in [-0.15, -0.1) is 0 Å². The van der Waals surface area contributed by atoms with Gasteiger partial charge in [0.15, 0.2) is 0 Å². The van der Waals surface area contributed by atoms with Crippen molar-refractivity contribution in [3.63, 3.8) is 0 Å². The second kappa shape index (κ2) is 8.23. The Balaban J connectivity index is 2.50. The highest BCUT2D eigenvalue weighted by Crippen LogP contribution is 2.17. The number of benzene rings is 1. The summed E-state index contributed by atoms with van der Waals surface area (Å²) in [5.41, 5.74) is 0.598. The lowest BCUT2D eigenvalue weighted by Crippen LogP contribution is -2.42. The molecule has 0 heterocycles. The van der Waals surface area contributed by atoms with E-state index in [1.165, 1.54) is 6.07 Å². The number of hydrogen-bond acceptors (Lipinski definition) is 5. The van der Waals surface area contributed by atoms with Crippen molar-refractivity contribution in [1.82, 2.24) is 10.6 Å². The van der Waals surface area contributed by atoms with Gasteiger partial charge in [0.2, 0.25) is 5.91 Å². The van der Waals surface area contributed by atoms with Crippen LogP contribution in [0.25, 0.3) is 0 Å². The van der Waals surface area contributed by atoms with E-state index in [1.54, 1.807) is 32.2 Å². The van der Waals surface area contributed by atoms with E-state index in [1.807, 2.05) is 0 Å². The van der Waals surface area contributed by atoms with Crippen molar-refractivity contribution in [2.24, 2.45) is 0 Å². The number of nitro benzene ring substituents is 1. The van der Waals surface area contributed by atoms with Crippen LogP contribution in [0, 0.1) is 10.1 Å². The van der Waals surface area contributed by atoms with Gasteiger partial charge >= 0.3 is 0 Å². The molecule has 0 aromatic heterocycles. The van der Waals surface area contributed by atoms with Gasteiger partial charge < -0.3 is 15.4 Å². The molecule has 7 heteroatoms. The third-order valence-electron chi connectivity index (χ3n) is 2.79. The first-order valence-corrected chi connectivity index (χ1v) is 6.28. The molecule has 1 aromatic rings. The van der Waals surface area contributed by atoms with Crippen LogP contribution in [0.3, 0.4) is 0 Å². The van der Waals surface area contributed by atoms with Crippen molar-refractivity contribution in [3.8, 4) is 0 Å². The molecule has 2 N–H and O–H groups in total. The molecule has 0 aliphatic heterocycles. The number of nitro groups is 1. The lowest BCUT2D eigenvalue weighted by molar-refractivity contribution is -0.385. The molecule has 1 rings (SSSR count). The summed E-state index contributed by atoms with van der Waals surface area (Å²) in [6, 6.07) is 6.02. The van der Waals surface area contributed by atoms with Crippen LogP contribution in [-0.4, -0.2) is 37.1 Å². The van der Waals surface area contributed by atoms with Gasteiger partial charge in [-0.25, -0.2) is 0 Å². The number of para-hydroxylation sites is 1. The quantitative estimate of drug-likeness (QED) is 0.418.